The zero-order valence-corrected chi connectivity index (χ0v) is 16.2. The van der Waals surface area contributed by atoms with E-state index in [4.69, 9.17) is 9.47 Å². The van der Waals surface area contributed by atoms with Crippen LogP contribution >= 0.6 is 15.9 Å². The van der Waals surface area contributed by atoms with Crippen LogP contribution in [0.25, 0.3) is 0 Å². The summed E-state index contributed by atoms with van der Waals surface area (Å²) in [6.45, 7) is 5.58. The van der Waals surface area contributed by atoms with Crippen LogP contribution in [-0.4, -0.2) is 27.2 Å². The number of hydrogen-bond donors (Lipinski definition) is 2. The minimum Gasteiger partial charge on any atom is -0.490 e. The van der Waals surface area contributed by atoms with Crippen molar-refractivity contribution in [3.8, 4) is 11.5 Å². The van der Waals surface area contributed by atoms with Gasteiger partial charge in [-0.2, -0.15) is 5.21 Å². The van der Waals surface area contributed by atoms with E-state index in [2.05, 4.69) is 60.9 Å². The molecular formula is C18H20BrN5O2. The van der Waals surface area contributed by atoms with E-state index in [0.29, 0.717) is 37.2 Å². The fourth-order valence-corrected chi connectivity index (χ4v) is 2.93. The number of halogens is 1. The lowest BCUT2D eigenvalue weighted by atomic mass is 10.1. The number of aromatic nitrogens is 4. The molecule has 0 aliphatic heterocycles. The molecule has 1 aromatic heterocycles. The number of ether oxygens (including phenoxy) is 2. The molecule has 1 heterocycles. The first-order valence-corrected chi connectivity index (χ1v) is 9.06. The Labute approximate surface area is 160 Å². The predicted molar refractivity (Wildman–Crippen MR) is 102 cm³/mol. The first kappa shape index (κ1) is 18.2. The van der Waals surface area contributed by atoms with Crippen LogP contribution in [-0.2, 0) is 13.2 Å². The number of hydrogen-bond acceptors (Lipinski definition) is 6. The Morgan fingerprint density at radius 1 is 1.15 bits per heavy atom. The molecule has 0 aliphatic carbocycles. The van der Waals surface area contributed by atoms with E-state index in [1.165, 1.54) is 5.56 Å². The van der Waals surface area contributed by atoms with Gasteiger partial charge in [0, 0.05) is 11.0 Å². The molecule has 0 amide bonds. The number of tetrazole rings is 1. The smallest absolute Gasteiger partial charge is 0.263 e. The number of aryl methyl sites for hydroxylation is 1. The monoisotopic (exact) mass is 417 g/mol. The van der Waals surface area contributed by atoms with Gasteiger partial charge >= 0.3 is 0 Å². The lowest BCUT2D eigenvalue weighted by Gasteiger charge is -2.15. The molecule has 0 saturated carbocycles. The Morgan fingerprint density at radius 2 is 2.00 bits per heavy atom. The maximum absolute atomic E-state index is 6.00. The molecule has 0 bridgehead atoms. The highest BCUT2D eigenvalue weighted by Crippen LogP contribution is 2.34. The van der Waals surface area contributed by atoms with Crippen molar-refractivity contribution in [2.75, 3.05) is 11.9 Å². The number of anilines is 1. The highest BCUT2D eigenvalue weighted by Gasteiger charge is 2.12. The zero-order valence-electron chi connectivity index (χ0n) is 14.6. The minimum atomic E-state index is 0.439. The number of H-pyrrole nitrogens is 1. The van der Waals surface area contributed by atoms with Gasteiger partial charge in [-0.05, 0) is 42.3 Å². The summed E-state index contributed by atoms with van der Waals surface area (Å²) in [6, 6.07) is 12.1. The van der Waals surface area contributed by atoms with Gasteiger partial charge in [0.2, 0.25) is 0 Å². The molecule has 0 unspecified atom stereocenters. The highest BCUT2D eigenvalue weighted by atomic mass is 79.9. The molecule has 0 fully saturated rings. The van der Waals surface area contributed by atoms with E-state index in [-0.39, 0.29) is 0 Å². The van der Waals surface area contributed by atoms with E-state index >= 15 is 0 Å². The molecule has 136 valence electrons. The molecule has 7 nitrogen and oxygen atoms in total. The van der Waals surface area contributed by atoms with Crippen molar-refractivity contribution >= 4 is 21.9 Å². The van der Waals surface area contributed by atoms with E-state index in [0.717, 1.165) is 15.6 Å². The first-order valence-electron chi connectivity index (χ1n) is 8.26. The summed E-state index contributed by atoms with van der Waals surface area (Å²) in [5, 5.41) is 16.8. The van der Waals surface area contributed by atoms with Crippen LogP contribution in [0.15, 0.2) is 40.9 Å². The molecule has 3 rings (SSSR count). The lowest BCUT2D eigenvalue weighted by molar-refractivity contribution is 0.269. The van der Waals surface area contributed by atoms with Gasteiger partial charge in [0.25, 0.3) is 5.95 Å². The summed E-state index contributed by atoms with van der Waals surface area (Å²) in [4.78, 5) is 0. The predicted octanol–water partition coefficient (Wildman–Crippen LogP) is 3.86. The van der Waals surface area contributed by atoms with Crippen LogP contribution in [0.5, 0.6) is 11.5 Å². The van der Waals surface area contributed by atoms with Crippen molar-refractivity contribution in [1.29, 1.82) is 0 Å². The van der Waals surface area contributed by atoms with Crippen molar-refractivity contribution in [2.45, 2.75) is 27.0 Å². The van der Waals surface area contributed by atoms with Crippen LogP contribution in [0.4, 0.5) is 5.95 Å². The molecule has 2 aromatic carbocycles. The molecule has 3 aromatic rings. The maximum Gasteiger partial charge on any atom is 0.263 e. The number of rotatable bonds is 8. The molecule has 8 heteroatoms. The molecule has 0 radical (unpaired) electrons. The molecule has 2 N–H and O–H groups in total. The molecule has 0 saturated heterocycles. The van der Waals surface area contributed by atoms with Crippen molar-refractivity contribution in [3.63, 3.8) is 0 Å². The quantitative estimate of drug-likeness (QED) is 0.578. The van der Waals surface area contributed by atoms with Crippen molar-refractivity contribution < 1.29 is 9.47 Å². The average Bonchev–Trinajstić information content (AvgIpc) is 3.14. The summed E-state index contributed by atoms with van der Waals surface area (Å²) in [5.41, 5.74) is 3.33. The van der Waals surface area contributed by atoms with Gasteiger partial charge in [-0.1, -0.05) is 50.9 Å². The van der Waals surface area contributed by atoms with Crippen LogP contribution in [0.3, 0.4) is 0 Å². The Hall–Kier alpha value is -2.61. The topological polar surface area (TPSA) is 85.0 Å². The third-order valence-electron chi connectivity index (χ3n) is 3.67. The van der Waals surface area contributed by atoms with Crippen LogP contribution < -0.4 is 14.8 Å². The number of aromatic amines is 1. The number of benzene rings is 2. The Kier molecular flexibility index (Phi) is 6.06. The summed E-state index contributed by atoms with van der Waals surface area (Å²) in [7, 11) is 0. The Morgan fingerprint density at radius 3 is 2.73 bits per heavy atom. The summed E-state index contributed by atoms with van der Waals surface area (Å²) in [5.74, 6) is 1.84. The molecular weight excluding hydrogens is 398 g/mol. The van der Waals surface area contributed by atoms with Crippen molar-refractivity contribution in [1.82, 2.24) is 20.6 Å². The largest absolute Gasteiger partial charge is 0.490 e. The van der Waals surface area contributed by atoms with Crippen molar-refractivity contribution in [3.05, 3.63) is 57.6 Å². The van der Waals surface area contributed by atoms with Gasteiger partial charge in [0.05, 0.1) is 6.61 Å². The van der Waals surface area contributed by atoms with Crippen LogP contribution in [0.2, 0.25) is 0 Å². The fourth-order valence-electron chi connectivity index (χ4n) is 2.47. The van der Waals surface area contributed by atoms with E-state index < -0.39 is 0 Å². The Bertz CT molecular complexity index is 855. The van der Waals surface area contributed by atoms with Gasteiger partial charge in [0.15, 0.2) is 11.5 Å². The van der Waals surface area contributed by atoms with Gasteiger partial charge in [-0.15, -0.1) is 5.10 Å². The third-order valence-corrected chi connectivity index (χ3v) is 4.41. The second-order valence-electron chi connectivity index (χ2n) is 5.69. The van der Waals surface area contributed by atoms with Gasteiger partial charge in [-0.25, -0.2) is 0 Å². The molecule has 26 heavy (non-hydrogen) atoms. The lowest BCUT2D eigenvalue weighted by Crippen LogP contribution is -2.05. The van der Waals surface area contributed by atoms with Crippen LogP contribution in [0.1, 0.15) is 23.6 Å². The van der Waals surface area contributed by atoms with Crippen LogP contribution in [0, 0.1) is 6.92 Å². The standard InChI is InChI=1S/C18H20BrN5O2/c1-3-25-16-8-14(10-20-18-21-23-24-22-18)15(19)9-17(16)26-11-13-6-4-5-12(2)7-13/h4-9H,3,10-11H2,1-2H3,(H2,20,21,22,23,24). The second kappa shape index (κ2) is 8.66. The average molecular weight is 418 g/mol. The Balaban J connectivity index is 1.75. The molecule has 0 spiro atoms. The van der Waals surface area contributed by atoms with Gasteiger partial charge in [-0.3, -0.25) is 0 Å². The van der Waals surface area contributed by atoms with E-state index in [1.807, 2.05) is 31.2 Å². The highest BCUT2D eigenvalue weighted by molar-refractivity contribution is 9.10. The van der Waals surface area contributed by atoms with E-state index in [1.54, 1.807) is 0 Å². The molecule has 0 aliphatic rings. The summed E-state index contributed by atoms with van der Waals surface area (Å²) in [6.07, 6.45) is 0. The summed E-state index contributed by atoms with van der Waals surface area (Å²) >= 11 is 3.59. The fraction of sp³-hybridized carbons (Fsp3) is 0.278. The number of nitrogens with zero attached hydrogens (tertiary/aromatic N) is 3. The second-order valence-corrected chi connectivity index (χ2v) is 6.54. The number of nitrogens with one attached hydrogen (secondary N) is 2. The summed E-state index contributed by atoms with van der Waals surface area (Å²) < 4.78 is 12.7. The zero-order chi connectivity index (χ0) is 18.4. The minimum absolute atomic E-state index is 0.439. The van der Waals surface area contributed by atoms with E-state index in [9.17, 15) is 0 Å². The SMILES string of the molecule is CCOc1cc(CNc2nn[nH]n2)c(Br)cc1OCc1cccc(C)c1. The van der Waals surface area contributed by atoms with Gasteiger partial charge in [0.1, 0.15) is 6.61 Å². The van der Waals surface area contributed by atoms with Crippen molar-refractivity contribution in [2.24, 2.45) is 0 Å². The first-order chi connectivity index (χ1) is 12.7. The molecule has 0 atom stereocenters. The van der Waals surface area contributed by atoms with Gasteiger partial charge < -0.3 is 14.8 Å². The third kappa shape index (κ3) is 4.72. The normalized spacial score (nSPS) is 10.6. The maximum atomic E-state index is 6.00.